The minimum atomic E-state index is -3.63. The molecule has 5 rings (SSSR count). The highest BCUT2D eigenvalue weighted by molar-refractivity contribution is 7.90. The Bertz CT molecular complexity index is 1320. The van der Waals surface area contributed by atoms with Gasteiger partial charge in [-0.2, -0.15) is 8.42 Å². The zero-order valence-corrected chi connectivity index (χ0v) is 17.3. The predicted molar refractivity (Wildman–Crippen MR) is 115 cm³/mol. The molecule has 0 N–H and O–H groups in total. The van der Waals surface area contributed by atoms with E-state index in [2.05, 4.69) is 14.3 Å². The molecule has 1 saturated heterocycles. The zero-order valence-electron chi connectivity index (χ0n) is 16.5. The van der Waals surface area contributed by atoms with Crippen LogP contribution in [-0.2, 0) is 10.0 Å². The van der Waals surface area contributed by atoms with Gasteiger partial charge in [-0.1, -0.05) is 18.2 Å². The van der Waals surface area contributed by atoms with Crippen LogP contribution in [0.15, 0.2) is 68.8 Å². The van der Waals surface area contributed by atoms with Crippen molar-refractivity contribution in [3.8, 4) is 0 Å². The second kappa shape index (κ2) is 6.94. The lowest BCUT2D eigenvalue weighted by molar-refractivity contribution is 0.306. The number of piperidine rings is 1. The highest BCUT2D eigenvalue weighted by atomic mass is 32.2. The molecule has 2 aliphatic heterocycles. The Morgan fingerprint density at radius 1 is 1.07 bits per heavy atom. The lowest BCUT2D eigenvalue weighted by atomic mass is 10.0. The van der Waals surface area contributed by atoms with Crippen molar-refractivity contribution >= 4 is 27.3 Å². The van der Waals surface area contributed by atoms with Crippen LogP contribution in [0.4, 0.5) is 5.82 Å². The van der Waals surface area contributed by atoms with Crippen LogP contribution in [0.3, 0.4) is 0 Å². The zero-order chi connectivity index (χ0) is 20.9. The van der Waals surface area contributed by atoms with Crippen molar-refractivity contribution in [3.05, 3.63) is 70.6 Å². The van der Waals surface area contributed by atoms with Crippen LogP contribution in [-0.4, -0.2) is 54.7 Å². The van der Waals surface area contributed by atoms with Crippen molar-refractivity contribution in [3.63, 3.8) is 0 Å². The van der Waals surface area contributed by atoms with E-state index < -0.39 is 10.0 Å². The summed E-state index contributed by atoms with van der Waals surface area (Å²) in [5, 5.41) is 0. The molecule has 0 saturated carbocycles. The minimum Gasteiger partial charge on any atom is -0.356 e. The summed E-state index contributed by atoms with van der Waals surface area (Å²) >= 11 is 0. The number of pyridine rings is 1. The van der Waals surface area contributed by atoms with Crippen molar-refractivity contribution in [2.75, 3.05) is 25.0 Å². The second-order valence-corrected chi connectivity index (χ2v) is 9.17. The van der Waals surface area contributed by atoms with Gasteiger partial charge in [-0.05, 0) is 37.1 Å². The number of hydrogen-bond donors (Lipinski definition) is 0. The van der Waals surface area contributed by atoms with E-state index in [9.17, 15) is 13.2 Å². The number of benzene rings is 1. The average Bonchev–Trinajstić information content (AvgIpc) is 3.04. The molecule has 9 heteroatoms. The Morgan fingerprint density at radius 3 is 2.60 bits per heavy atom. The summed E-state index contributed by atoms with van der Waals surface area (Å²) < 4.78 is 30.3. The molecule has 1 fully saturated rings. The molecule has 2 aliphatic rings. The van der Waals surface area contributed by atoms with Gasteiger partial charge in [-0.3, -0.25) is 9.20 Å². The Balaban J connectivity index is 1.35. The van der Waals surface area contributed by atoms with Crippen LogP contribution in [0.25, 0.3) is 5.65 Å². The number of amidine groups is 1. The van der Waals surface area contributed by atoms with Gasteiger partial charge in [-0.15, -0.1) is 4.40 Å². The van der Waals surface area contributed by atoms with E-state index in [1.807, 2.05) is 30.1 Å². The molecule has 3 aromatic rings. The highest BCUT2D eigenvalue weighted by Crippen LogP contribution is 2.29. The molecule has 2 aromatic heterocycles. The first-order valence-electron chi connectivity index (χ1n) is 9.85. The fraction of sp³-hybridized carbons (Fsp3) is 0.286. The standard InChI is InChI=1S/C21H21N5O3S/c1-24(21-16-6-2-3-7-17(16)30(28,29)23-21)15-9-12-25(13-10-15)19-14-20(27)26-11-5-4-8-18(26)22-19/h2-8,11,14-15H,9-10,12-13H2,1H3. The van der Waals surface area contributed by atoms with Crippen LogP contribution in [0.5, 0.6) is 0 Å². The van der Waals surface area contributed by atoms with Crippen LogP contribution >= 0.6 is 0 Å². The van der Waals surface area contributed by atoms with Crippen LogP contribution < -0.4 is 10.5 Å². The number of anilines is 1. The van der Waals surface area contributed by atoms with E-state index in [0.717, 1.165) is 25.9 Å². The monoisotopic (exact) mass is 423 g/mol. The van der Waals surface area contributed by atoms with E-state index >= 15 is 0 Å². The molecule has 154 valence electrons. The molecule has 4 heterocycles. The number of aromatic nitrogens is 2. The van der Waals surface area contributed by atoms with Crippen LogP contribution in [0, 0.1) is 0 Å². The highest BCUT2D eigenvalue weighted by Gasteiger charge is 2.34. The second-order valence-electron chi connectivity index (χ2n) is 7.60. The molecule has 0 spiro atoms. The first kappa shape index (κ1) is 18.8. The number of hydrogen-bond acceptors (Lipinski definition) is 6. The first-order valence-corrected chi connectivity index (χ1v) is 11.3. The molecule has 0 amide bonds. The summed E-state index contributed by atoms with van der Waals surface area (Å²) in [7, 11) is -1.73. The van der Waals surface area contributed by atoms with Crippen molar-refractivity contribution < 1.29 is 8.42 Å². The third-order valence-corrected chi connectivity index (χ3v) is 7.17. The van der Waals surface area contributed by atoms with Crippen molar-refractivity contribution in [2.24, 2.45) is 4.40 Å². The lowest BCUT2D eigenvalue weighted by Crippen LogP contribution is -2.46. The molecular formula is C21H21N5O3S. The molecule has 0 bridgehead atoms. The number of nitrogens with zero attached hydrogens (tertiary/aromatic N) is 5. The maximum atomic E-state index is 12.4. The summed E-state index contributed by atoms with van der Waals surface area (Å²) in [6.45, 7) is 1.46. The van der Waals surface area contributed by atoms with E-state index in [1.54, 1.807) is 36.5 Å². The molecular weight excluding hydrogens is 402 g/mol. The molecule has 0 atom stereocenters. The summed E-state index contributed by atoms with van der Waals surface area (Å²) in [6.07, 6.45) is 3.34. The Morgan fingerprint density at radius 2 is 1.80 bits per heavy atom. The summed E-state index contributed by atoms with van der Waals surface area (Å²) in [5.74, 6) is 1.18. The summed E-state index contributed by atoms with van der Waals surface area (Å²) in [5.41, 5.74) is 1.19. The van der Waals surface area contributed by atoms with Crippen molar-refractivity contribution in [2.45, 2.75) is 23.8 Å². The average molecular weight is 423 g/mol. The fourth-order valence-electron chi connectivity index (χ4n) is 4.20. The number of rotatable bonds is 2. The lowest BCUT2D eigenvalue weighted by Gasteiger charge is -2.38. The van der Waals surface area contributed by atoms with Crippen LogP contribution in [0.2, 0.25) is 0 Å². The van der Waals surface area contributed by atoms with Crippen molar-refractivity contribution in [1.82, 2.24) is 14.3 Å². The quantitative estimate of drug-likeness (QED) is 0.624. The van der Waals surface area contributed by atoms with Gasteiger partial charge in [0, 0.05) is 44.0 Å². The first-order chi connectivity index (χ1) is 14.4. The largest absolute Gasteiger partial charge is 0.356 e. The summed E-state index contributed by atoms with van der Waals surface area (Å²) in [6, 6.07) is 14.2. The van der Waals surface area contributed by atoms with Gasteiger partial charge in [-0.25, -0.2) is 4.98 Å². The molecule has 0 aliphatic carbocycles. The number of fused-ring (bicyclic) bond motifs is 2. The number of sulfonamides is 1. The Kier molecular flexibility index (Phi) is 4.35. The summed E-state index contributed by atoms with van der Waals surface area (Å²) in [4.78, 5) is 21.4. The predicted octanol–water partition coefficient (Wildman–Crippen LogP) is 1.74. The Hall–Kier alpha value is -3.20. The Labute approximate surface area is 174 Å². The third-order valence-electron chi connectivity index (χ3n) is 5.84. The van der Waals surface area contributed by atoms with E-state index in [0.29, 0.717) is 22.9 Å². The van der Waals surface area contributed by atoms with Crippen molar-refractivity contribution in [1.29, 1.82) is 0 Å². The van der Waals surface area contributed by atoms with Gasteiger partial charge in [0.05, 0.1) is 0 Å². The van der Waals surface area contributed by atoms with Gasteiger partial charge in [0.15, 0.2) is 5.84 Å². The van der Waals surface area contributed by atoms with Gasteiger partial charge in [0.25, 0.3) is 15.6 Å². The third kappa shape index (κ3) is 3.06. The SMILES string of the molecule is CN(C1=NS(=O)(=O)c2ccccc21)C1CCN(c2cc(=O)n3ccccc3n2)CC1. The molecule has 0 unspecified atom stereocenters. The molecule has 0 radical (unpaired) electrons. The molecule has 1 aromatic carbocycles. The normalized spacial score (nSPS) is 18.3. The van der Waals surface area contributed by atoms with Gasteiger partial charge in [0.2, 0.25) is 0 Å². The molecule has 8 nitrogen and oxygen atoms in total. The van der Waals surface area contributed by atoms with E-state index in [4.69, 9.17) is 0 Å². The van der Waals surface area contributed by atoms with Gasteiger partial charge in [0.1, 0.15) is 16.4 Å². The van der Waals surface area contributed by atoms with Gasteiger partial charge >= 0.3 is 0 Å². The van der Waals surface area contributed by atoms with E-state index in [1.165, 1.54) is 4.40 Å². The van der Waals surface area contributed by atoms with Gasteiger partial charge < -0.3 is 9.80 Å². The minimum absolute atomic E-state index is 0.100. The van der Waals surface area contributed by atoms with E-state index in [-0.39, 0.29) is 16.5 Å². The fourth-order valence-corrected chi connectivity index (χ4v) is 5.44. The maximum Gasteiger partial charge on any atom is 0.285 e. The molecule has 30 heavy (non-hydrogen) atoms. The smallest absolute Gasteiger partial charge is 0.285 e. The maximum absolute atomic E-state index is 12.4. The van der Waals surface area contributed by atoms with Crippen LogP contribution in [0.1, 0.15) is 18.4 Å². The topological polar surface area (TPSA) is 87.4 Å².